The van der Waals surface area contributed by atoms with Gasteiger partial charge in [0.25, 0.3) is 0 Å². The Balaban J connectivity index is 2.10. The molecule has 0 unspecified atom stereocenters. The van der Waals surface area contributed by atoms with Crippen molar-refractivity contribution in [3.63, 3.8) is 0 Å². The maximum absolute atomic E-state index is 11.3. The lowest BCUT2D eigenvalue weighted by atomic mass is 10.0. The fraction of sp³-hybridized carbons (Fsp3) is 0.615. The summed E-state index contributed by atoms with van der Waals surface area (Å²) in [4.78, 5) is 29.4. The van der Waals surface area contributed by atoms with Crippen LogP contribution in [0.3, 0.4) is 0 Å². The van der Waals surface area contributed by atoms with E-state index in [1.54, 1.807) is 11.3 Å². The van der Waals surface area contributed by atoms with E-state index in [4.69, 9.17) is 5.11 Å². The van der Waals surface area contributed by atoms with E-state index in [-0.39, 0.29) is 12.3 Å². The summed E-state index contributed by atoms with van der Waals surface area (Å²) in [6.45, 7) is 4.89. The summed E-state index contributed by atoms with van der Waals surface area (Å²) in [5, 5.41) is 19.1. The van der Waals surface area contributed by atoms with Gasteiger partial charge in [-0.3, -0.25) is 14.5 Å². The zero-order chi connectivity index (χ0) is 14.9. The second-order valence-corrected chi connectivity index (χ2v) is 6.51. The van der Waals surface area contributed by atoms with Gasteiger partial charge < -0.3 is 10.2 Å². The molecular formula is C13H18N2O4S. The number of thiazole rings is 1. The zero-order valence-corrected chi connectivity index (χ0v) is 12.3. The van der Waals surface area contributed by atoms with Gasteiger partial charge in [0.15, 0.2) is 0 Å². The Kier molecular flexibility index (Phi) is 4.39. The average Bonchev–Trinajstić information content (AvgIpc) is 2.83. The summed E-state index contributed by atoms with van der Waals surface area (Å²) < 4.78 is 0. The first-order valence-corrected chi connectivity index (χ1v) is 7.30. The van der Waals surface area contributed by atoms with Crippen LogP contribution in [0.4, 0.5) is 0 Å². The van der Waals surface area contributed by atoms with Crippen molar-refractivity contribution in [2.75, 3.05) is 6.54 Å². The molecule has 6 nitrogen and oxygen atoms in total. The highest BCUT2D eigenvalue weighted by Gasteiger charge is 2.37. The van der Waals surface area contributed by atoms with E-state index in [1.807, 2.05) is 18.7 Å². The molecule has 110 valence electrons. The number of carbonyl (C=O) groups is 2. The van der Waals surface area contributed by atoms with E-state index >= 15 is 0 Å². The molecule has 2 heterocycles. The normalized spacial score (nSPS) is 23.1. The summed E-state index contributed by atoms with van der Waals surface area (Å²) in [7, 11) is 0. The van der Waals surface area contributed by atoms with E-state index in [0.717, 1.165) is 15.6 Å². The molecule has 0 aromatic carbocycles. The van der Waals surface area contributed by atoms with Crippen molar-refractivity contribution < 1.29 is 19.8 Å². The Bertz CT molecular complexity index is 528. The molecule has 1 aromatic rings. The van der Waals surface area contributed by atoms with Crippen LogP contribution in [0.1, 0.15) is 28.4 Å². The number of likely N-dealkylation sites (tertiary alicyclic amines) is 1. The third kappa shape index (κ3) is 3.34. The number of carboxylic acid groups (broad SMARTS) is 2. The monoisotopic (exact) mass is 298 g/mol. The van der Waals surface area contributed by atoms with Crippen LogP contribution in [-0.4, -0.2) is 44.6 Å². The number of aromatic nitrogens is 1. The molecule has 0 aliphatic carbocycles. The maximum Gasteiger partial charge on any atom is 0.320 e. The van der Waals surface area contributed by atoms with E-state index in [9.17, 15) is 14.7 Å². The van der Waals surface area contributed by atoms with Gasteiger partial charge in [0.1, 0.15) is 6.04 Å². The number of carboxylic acids is 2. The van der Waals surface area contributed by atoms with Crippen molar-refractivity contribution in [1.82, 2.24) is 9.88 Å². The van der Waals surface area contributed by atoms with Gasteiger partial charge in [-0.25, -0.2) is 4.98 Å². The zero-order valence-electron chi connectivity index (χ0n) is 11.5. The molecule has 2 rings (SSSR count). The van der Waals surface area contributed by atoms with E-state index < -0.39 is 18.0 Å². The topological polar surface area (TPSA) is 90.7 Å². The number of aryl methyl sites for hydroxylation is 2. The average molecular weight is 298 g/mol. The number of nitrogens with zero attached hydrogens (tertiary/aromatic N) is 2. The van der Waals surface area contributed by atoms with Crippen LogP contribution in [-0.2, 0) is 16.1 Å². The highest BCUT2D eigenvalue weighted by molar-refractivity contribution is 7.11. The first-order chi connectivity index (χ1) is 9.36. The highest BCUT2D eigenvalue weighted by Crippen LogP contribution is 2.29. The Morgan fingerprint density at radius 2 is 2.10 bits per heavy atom. The summed E-state index contributed by atoms with van der Waals surface area (Å²) in [6.07, 6.45) is 0.430. The minimum atomic E-state index is -0.878. The van der Waals surface area contributed by atoms with Gasteiger partial charge in [0, 0.05) is 24.4 Å². The van der Waals surface area contributed by atoms with Gasteiger partial charge in [-0.2, -0.15) is 0 Å². The first-order valence-electron chi connectivity index (χ1n) is 6.48. The van der Waals surface area contributed by atoms with Gasteiger partial charge in [-0.15, -0.1) is 11.3 Å². The minimum absolute atomic E-state index is 0.0288. The highest BCUT2D eigenvalue weighted by atomic mass is 32.1. The summed E-state index contributed by atoms with van der Waals surface area (Å²) >= 11 is 1.57. The van der Waals surface area contributed by atoms with Crippen LogP contribution in [0.15, 0.2) is 0 Å². The molecule has 0 amide bonds. The summed E-state index contributed by atoms with van der Waals surface area (Å²) in [5.41, 5.74) is 0.929. The third-order valence-electron chi connectivity index (χ3n) is 3.58. The Hall–Kier alpha value is -1.47. The van der Waals surface area contributed by atoms with Crippen molar-refractivity contribution in [2.24, 2.45) is 5.92 Å². The maximum atomic E-state index is 11.3. The molecule has 1 aliphatic heterocycles. The van der Waals surface area contributed by atoms with Crippen molar-refractivity contribution in [3.05, 3.63) is 15.6 Å². The van der Waals surface area contributed by atoms with Crippen LogP contribution >= 0.6 is 11.3 Å². The molecule has 2 N–H and O–H groups in total. The lowest BCUT2D eigenvalue weighted by Gasteiger charge is -2.20. The number of hydrogen-bond donors (Lipinski definition) is 2. The SMILES string of the molecule is Cc1nc(C)c(CN2C[C@@H](CC(=O)O)C[C@H]2C(=O)O)s1. The first kappa shape index (κ1) is 14.9. The smallest absolute Gasteiger partial charge is 0.320 e. The van der Waals surface area contributed by atoms with Crippen molar-refractivity contribution >= 4 is 23.3 Å². The molecular weight excluding hydrogens is 280 g/mol. The Morgan fingerprint density at radius 1 is 1.40 bits per heavy atom. The molecule has 0 radical (unpaired) electrons. The lowest BCUT2D eigenvalue weighted by Crippen LogP contribution is -2.35. The van der Waals surface area contributed by atoms with Gasteiger partial charge in [-0.1, -0.05) is 0 Å². The Morgan fingerprint density at radius 3 is 2.60 bits per heavy atom. The largest absolute Gasteiger partial charge is 0.481 e. The fourth-order valence-electron chi connectivity index (χ4n) is 2.73. The van der Waals surface area contributed by atoms with Crippen LogP contribution in [0.25, 0.3) is 0 Å². The minimum Gasteiger partial charge on any atom is -0.481 e. The Labute approximate surface area is 121 Å². The molecule has 0 saturated carbocycles. The second-order valence-electron chi connectivity index (χ2n) is 5.22. The molecule has 1 aliphatic rings. The van der Waals surface area contributed by atoms with E-state index in [1.165, 1.54) is 0 Å². The number of rotatable bonds is 5. The van der Waals surface area contributed by atoms with Gasteiger partial charge in [-0.05, 0) is 26.2 Å². The van der Waals surface area contributed by atoms with E-state index in [2.05, 4.69) is 4.98 Å². The summed E-state index contributed by atoms with van der Waals surface area (Å²) in [5.74, 6) is -1.84. The second kappa shape index (κ2) is 5.88. The molecule has 20 heavy (non-hydrogen) atoms. The quantitative estimate of drug-likeness (QED) is 0.856. The van der Waals surface area contributed by atoms with Crippen LogP contribution in [0.2, 0.25) is 0 Å². The molecule has 0 bridgehead atoms. The number of aliphatic carboxylic acids is 2. The molecule has 7 heteroatoms. The lowest BCUT2D eigenvalue weighted by molar-refractivity contribution is -0.142. The van der Waals surface area contributed by atoms with Crippen LogP contribution in [0, 0.1) is 19.8 Å². The fourth-order valence-corrected chi connectivity index (χ4v) is 3.69. The molecule has 0 spiro atoms. The van der Waals surface area contributed by atoms with Gasteiger partial charge in [0.2, 0.25) is 0 Å². The van der Waals surface area contributed by atoms with Crippen molar-refractivity contribution in [1.29, 1.82) is 0 Å². The molecule has 2 atom stereocenters. The standard InChI is InChI=1S/C13H18N2O4S/c1-7-11(20-8(2)14-7)6-15-5-9(4-12(16)17)3-10(15)13(18)19/h9-10H,3-6H2,1-2H3,(H,16,17)(H,18,19)/t9-,10+/m1/s1. The molecule has 1 saturated heterocycles. The molecule has 1 fully saturated rings. The van der Waals surface area contributed by atoms with Crippen molar-refractivity contribution in [2.45, 2.75) is 39.3 Å². The molecule has 1 aromatic heterocycles. The van der Waals surface area contributed by atoms with Gasteiger partial charge in [0.05, 0.1) is 10.7 Å². The van der Waals surface area contributed by atoms with E-state index in [0.29, 0.717) is 19.5 Å². The van der Waals surface area contributed by atoms with Crippen LogP contribution in [0.5, 0.6) is 0 Å². The van der Waals surface area contributed by atoms with Crippen LogP contribution < -0.4 is 0 Å². The predicted octanol–water partition coefficient (Wildman–Crippen LogP) is 1.51. The van der Waals surface area contributed by atoms with Gasteiger partial charge >= 0.3 is 11.9 Å². The number of hydrogen-bond acceptors (Lipinski definition) is 5. The third-order valence-corrected chi connectivity index (χ3v) is 4.64. The summed E-state index contributed by atoms with van der Waals surface area (Å²) in [6, 6.07) is -0.596. The predicted molar refractivity (Wildman–Crippen MR) is 73.8 cm³/mol. The van der Waals surface area contributed by atoms with Crippen molar-refractivity contribution in [3.8, 4) is 0 Å².